The average Bonchev–Trinajstić information content (AvgIpc) is 2.70. The van der Waals surface area contributed by atoms with E-state index in [1.54, 1.807) is 13.4 Å². The zero-order valence-corrected chi connectivity index (χ0v) is 9.29. The summed E-state index contributed by atoms with van der Waals surface area (Å²) in [6.45, 7) is 1.91. The van der Waals surface area contributed by atoms with Crippen molar-refractivity contribution in [1.82, 2.24) is 14.9 Å². The van der Waals surface area contributed by atoms with Crippen LogP contribution >= 0.6 is 0 Å². The molecule has 0 saturated heterocycles. The maximum Gasteiger partial charge on any atom is 0.242 e. The second kappa shape index (κ2) is 4.04. The number of imidazole rings is 1. The Morgan fingerprint density at radius 1 is 1.53 bits per heavy atom. The molecule has 1 aromatic rings. The molecule has 0 bridgehead atoms. The third-order valence-corrected chi connectivity index (χ3v) is 3.10. The fourth-order valence-electron chi connectivity index (χ4n) is 2.16. The van der Waals surface area contributed by atoms with Crippen molar-refractivity contribution in [2.24, 2.45) is 0 Å². The summed E-state index contributed by atoms with van der Waals surface area (Å²) in [4.78, 5) is 15.9. The molecule has 1 unspecified atom stereocenters. The predicted molar refractivity (Wildman–Crippen MR) is 57.6 cm³/mol. The maximum absolute atomic E-state index is 11.5. The van der Waals surface area contributed by atoms with Crippen molar-refractivity contribution in [3.05, 3.63) is 17.7 Å². The van der Waals surface area contributed by atoms with Gasteiger partial charge in [0.2, 0.25) is 5.91 Å². The number of hydrogen-bond donors (Lipinski definition) is 1. The van der Waals surface area contributed by atoms with E-state index in [1.165, 1.54) is 24.2 Å². The Morgan fingerprint density at radius 3 is 3.00 bits per heavy atom. The molecule has 0 saturated carbocycles. The summed E-state index contributed by atoms with van der Waals surface area (Å²) in [5, 5.41) is 2.67. The van der Waals surface area contributed by atoms with Gasteiger partial charge in [0.25, 0.3) is 0 Å². The first kappa shape index (κ1) is 10.2. The number of carbonyl (C=O) groups excluding carboxylic acids is 1. The number of rotatable bonds is 2. The van der Waals surface area contributed by atoms with Gasteiger partial charge in [0.15, 0.2) is 0 Å². The first-order valence-corrected chi connectivity index (χ1v) is 5.50. The van der Waals surface area contributed by atoms with E-state index >= 15 is 0 Å². The van der Waals surface area contributed by atoms with Crippen molar-refractivity contribution in [3.63, 3.8) is 0 Å². The Bertz CT molecular complexity index is 370. The summed E-state index contributed by atoms with van der Waals surface area (Å²) in [5.41, 5.74) is 2.43. The van der Waals surface area contributed by atoms with Crippen LogP contribution in [0.4, 0.5) is 0 Å². The standard InChI is InChI=1S/C11H17N3O/c1-8(11(15)12-2)14-7-13-9-5-3-4-6-10(9)14/h7-8H,3-6H2,1-2H3,(H,12,15). The molecule has 0 radical (unpaired) electrons. The highest BCUT2D eigenvalue weighted by Crippen LogP contribution is 2.22. The lowest BCUT2D eigenvalue weighted by molar-refractivity contribution is -0.123. The minimum atomic E-state index is -0.149. The van der Waals surface area contributed by atoms with Gasteiger partial charge < -0.3 is 9.88 Å². The molecule has 2 rings (SSSR count). The molecule has 15 heavy (non-hydrogen) atoms. The lowest BCUT2D eigenvalue weighted by Gasteiger charge is -2.18. The first-order valence-electron chi connectivity index (χ1n) is 5.50. The molecule has 1 aromatic heterocycles. The van der Waals surface area contributed by atoms with Crippen LogP contribution in [0.2, 0.25) is 0 Å². The van der Waals surface area contributed by atoms with E-state index in [0.29, 0.717) is 0 Å². The fourth-order valence-corrected chi connectivity index (χ4v) is 2.16. The molecule has 1 amide bonds. The van der Waals surface area contributed by atoms with E-state index < -0.39 is 0 Å². The molecule has 1 atom stereocenters. The van der Waals surface area contributed by atoms with Crippen LogP contribution in [-0.4, -0.2) is 22.5 Å². The molecule has 82 valence electrons. The summed E-state index contributed by atoms with van der Waals surface area (Å²) >= 11 is 0. The topological polar surface area (TPSA) is 46.9 Å². The molecule has 0 spiro atoms. The summed E-state index contributed by atoms with van der Waals surface area (Å²) in [6.07, 6.45) is 6.34. The van der Waals surface area contributed by atoms with Gasteiger partial charge in [0.05, 0.1) is 12.0 Å². The van der Waals surface area contributed by atoms with Crippen LogP contribution in [0.5, 0.6) is 0 Å². The highest BCUT2D eigenvalue weighted by molar-refractivity contribution is 5.79. The number of aromatic nitrogens is 2. The quantitative estimate of drug-likeness (QED) is 0.788. The minimum Gasteiger partial charge on any atom is -0.357 e. The largest absolute Gasteiger partial charge is 0.357 e. The summed E-state index contributed by atoms with van der Waals surface area (Å²) < 4.78 is 2.01. The monoisotopic (exact) mass is 207 g/mol. The van der Waals surface area contributed by atoms with Crippen LogP contribution in [0.3, 0.4) is 0 Å². The third kappa shape index (κ3) is 1.76. The van der Waals surface area contributed by atoms with Crippen molar-refractivity contribution < 1.29 is 4.79 Å². The zero-order chi connectivity index (χ0) is 10.8. The van der Waals surface area contributed by atoms with E-state index in [2.05, 4.69) is 10.3 Å². The van der Waals surface area contributed by atoms with Gasteiger partial charge >= 0.3 is 0 Å². The van der Waals surface area contributed by atoms with Crippen molar-refractivity contribution in [2.45, 2.75) is 38.6 Å². The summed E-state index contributed by atoms with van der Waals surface area (Å²) in [6, 6.07) is -0.149. The highest BCUT2D eigenvalue weighted by atomic mass is 16.2. The Morgan fingerprint density at radius 2 is 2.27 bits per heavy atom. The van der Waals surface area contributed by atoms with E-state index in [4.69, 9.17) is 0 Å². The number of hydrogen-bond acceptors (Lipinski definition) is 2. The van der Waals surface area contributed by atoms with Crippen molar-refractivity contribution in [3.8, 4) is 0 Å². The van der Waals surface area contributed by atoms with Gasteiger partial charge in [-0.1, -0.05) is 0 Å². The van der Waals surface area contributed by atoms with Crippen LogP contribution in [0.25, 0.3) is 0 Å². The molecular formula is C11H17N3O. The molecule has 0 fully saturated rings. The second-order valence-corrected chi connectivity index (χ2v) is 4.04. The van der Waals surface area contributed by atoms with Crippen LogP contribution < -0.4 is 5.32 Å². The summed E-state index contributed by atoms with van der Waals surface area (Å²) in [7, 11) is 1.67. The molecule has 1 heterocycles. The number of aryl methyl sites for hydroxylation is 1. The molecule has 4 heteroatoms. The van der Waals surface area contributed by atoms with E-state index in [1.807, 2.05) is 11.5 Å². The molecule has 0 aliphatic heterocycles. The van der Waals surface area contributed by atoms with Crippen LogP contribution in [0.1, 0.15) is 37.2 Å². The van der Waals surface area contributed by atoms with Crippen LogP contribution in [0.15, 0.2) is 6.33 Å². The Labute approximate surface area is 89.7 Å². The van der Waals surface area contributed by atoms with Crippen molar-refractivity contribution in [1.29, 1.82) is 0 Å². The van der Waals surface area contributed by atoms with E-state index in [9.17, 15) is 4.79 Å². The van der Waals surface area contributed by atoms with E-state index in [0.717, 1.165) is 12.8 Å². The second-order valence-electron chi connectivity index (χ2n) is 4.04. The van der Waals surface area contributed by atoms with Gasteiger partial charge in [-0.05, 0) is 32.6 Å². The number of carbonyl (C=O) groups is 1. The Kier molecular flexibility index (Phi) is 2.75. The van der Waals surface area contributed by atoms with Gasteiger partial charge in [-0.15, -0.1) is 0 Å². The molecule has 0 aromatic carbocycles. The predicted octanol–water partition coefficient (Wildman–Crippen LogP) is 1.07. The van der Waals surface area contributed by atoms with Crippen molar-refractivity contribution >= 4 is 5.91 Å². The third-order valence-electron chi connectivity index (χ3n) is 3.10. The highest BCUT2D eigenvalue weighted by Gasteiger charge is 2.21. The van der Waals surface area contributed by atoms with Gasteiger partial charge in [-0.2, -0.15) is 0 Å². The molecule has 4 nitrogen and oxygen atoms in total. The average molecular weight is 207 g/mol. The molecular weight excluding hydrogens is 190 g/mol. The minimum absolute atomic E-state index is 0.0424. The number of nitrogens with zero attached hydrogens (tertiary/aromatic N) is 2. The number of amides is 1. The lowest BCUT2D eigenvalue weighted by atomic mass is 10.0. The number of nitrogens with one attached hydrogen (secondary N) is 1. The summed E-state index contributed by atoms with van der Waals surface area (Å²) in [5.74, 6) is 0.0424. The molecule has 1 N–H and O–H groups in total. The maximum atomic E-state index is 11.5. The van der Waals surface area contributed by atoms with Gasteiger partial charge in [-0.25, -0.2) is 4.98 Å². The van der Waals surface area contributed by atoms with Crippen LogP contribution in [0, 0.1) is 0 Å². The fraction of sp³-hybridized carbons (Fsp3) is 0.636. The zero-order valence-electron chi connectivity index (χ0n) is 9.29. The first-order chi connectivity index (χ1) is 7.24. The number of likely N-dealkylation sites (N-methyl/N-ethyl adjacent to an activating group) is 1. The molecule has 1 aliphatic carbocycles. The normalized spacial score (nSPS) is 16.9. The van der Waals surface area contributed by atoms with Gasteiger partial charge in [0.1, 0.15) is 6.04 Å². The van der Waals surface area contributed by atoms with Gasteiger partial charge in [0, 0.05) is 12.7 Å². The van der Waals surface area contributed by atoms with Crippen LogP contribution in [-0.2, 0) is 17.6 Å². The Hall–Kier alpha value is -1.32. The lowest BCUT2D eigenvalue weighted by Crippen LogP contribution is -2.28. The molecule has 1 aliphatic rings. The van der Waals surface area contributed by atoms with Crippen molar-refractivity contribution in [2.75, 3.05) is 7.05 Å². The SMILES string of the molecule is CNC(=O)C(C)n1cnc2c1CCCC2. The smallest absolute Gasteiger partial charge is 0.242 e. The Balaban J connectivity index is 2.28. The van der Waals surface area contributed by atoms with E-state index in [-0.39, 0.29) is 11.9 Å². The number of fused-ring (bicyclic) bond motifs is 1. The van der Waals surface area contributed by atoms with Gasteiger partial charge in [-0.3, -0.25) is 4.79 Å².